The van der Waals surface area contributed by atoms with Crippen LogP contribution in [0.2, 0.25) is 0 Å². The maximum Gasteiger partial charge on any atom is 0.248 e. The van der Waals surface area contributed by atoms with E-state index in [2.05, 4.69) is 20.2 Å². The van der Waals surface area contributed by atoms with Crippen LogP contribution in [0.4, 0.5) is 11.4 Å². The van der Waals surface area contributed by atoms with Crippen LogP contribution >= 0.6 is 0 Å². The van der Waals surface area contributed by atoms with Crippen LogP contribution in [-0.4, -0.2) is 24.8 Å². The molecule has 0 saturated carbocycles. The maximum absolute atomic E-state index is 11.3. The molecule has 1 heterocycles. The molecular weight excluding hydrogens is 304 g/mol. The summed E-state index contributed by atoms with van der Waals surface area (Å²) in [5.74, 6) is 1.35. The largest absolute Gasteiger partial charge is 0.374 e. The molecular formula is C14H20N4O3S. The number of nitrogens with zero attached hydrogens (tertiary/aromatic N) is 2. The van der Waals surface area contributed by atoms with Gasteiger partial charge in [-0.2, -0.15) is 4.98 Å². The maximum atomic E-state index is 11.3. The Bertz CT molecular complexity index is 740. The van der Waals surface area contributed by atoms with E-state index in [1.165, 1.54) is 0 Å². The summed E-state index contributed by atoms with van der Waals surface area (Å²) in [6.07, 6.45) is 1.11. The van der Waals surface area contributed by atoms with Crippen LogP contribution in [0.5, 0.6) is 0 Å². The van der Waals surface area contributed by atoms with Gasteiger partial charge in [0.15, 0.2) is 5.82 Å². The van der Waals surface area contributed by atoms with E-state index in [1.54, 1.807) is 18.2 Å². The van der Waals surface area contributed by atoms with Gasteiger partial charge < -0.3 is 9.84 Å². The Morgan fingerprint density at radius 3 is 2.45 bits per heavy atom. The van der Waals surface area contributed by atoms with Gasteiger partial charge in [0.2, 0.25) is 15.9 Å². The Morgan fingerprint density at radius 2 is 1.86 bits per heavy atom. The fourth-order valence-electron chi connectivity index (χ4n) is 1.86. The van der Waals surface area contributed by atoms with Crippen LogP contribution in [-0.2, 0) is 10.0 Å². The molecule has 2 aromatic rings. The molecule has 0 unspecified atom stereocenters. The van der Waals surface area contributed by atoms with Crippen LogP contribution in [0.3, 0.4) is 0 Å². The van der Waals surface area contributed by atoms with Crippen molar-refractivity contribution in [3.8, 4) is 0 Å². The minimum atomic E-state index is -3.30. The van der Waals surface area contributed by atoms with Crippen molar-refractivity contribution in [2.45, 2.75) is 32.7 Å². The molecule has 1 aromatic heterocycles. The molecule has 2 rings (SSSR count). The van der Waals surface area contributed by atoms with E-state index in [0.717, 1.165) is 11.9 Å². The minimum absolute atomic E-state index is 0.187. The van der Waals surface area contributed by atoms with E-state index in [9.17, 15) is 8.42 Å². The standard InChI is InChI=1S/C14H20N4O3S/c1-9(2)13-16-14(21-17-13)10(3)15-11-6-5-7-12(8-11)18-22(4,19)20/h5-10,15,18H,1-4H3/t10-/m1/s1. The highest BCUT2D eigenvalue weighted by Crippen LogP contribution is 2.22. The molecule has 22 heavy (non-hydrogen) atoms. The molecule has 0 radical (unpaired) electrons. The van der Waals surface area contributed by atoms with Crippen molar-refractivity contribution in [1.82, 2.24) is 10.1 Å². The van der Waals surface area contributed by atoms with Gasteiger partial charge in [-0.3, -0.25) is 4.72 Å². The lowest BCUT2D eigenvalue weighted by Gasteiger charge is -2.12. The molecule has 0 aliphatic rings. The first kappa shape index (κ1) is 16.3. The number of sulfonamides is 1. The van der Waals surface area contributed by atoms with Crippen molar-refractivity contribution < 1.29 is 12.9 Å². The second-order valence-corrected chi connectivity index (χ2v) is 7.22. The summed E-state index contributed by atoms with van der Waals surface area (Å²) in [5.41, 5.74) is 1.25. The summed E-state index contributed by atoms with van der Waals surface area (Å²) in [4.78, 5) is 4.34. The summed E-state index contributed by atoms with van der Waals surface area (Å²) in [6.45, 7) is 5.88. The van der Waals surface area contributed by atoms with Gasteiger partial charge in [-0.15, -0.1) is 0 Å². The van der Waals surface area contributed by atoms with Gasteiger partial charge in [0.05, 0.1) is 11.9 Å². The average molecular weight is 324 g/mol. The highest BCUT2D eigenvalue weighted by atomic mass is 32.2. The molecule has 0 aliphatic carbocycles. The SMILES string of the molecule is CC(C)c1noc([C@@H](C)Nc2cccc(NS(C)(=O)=O)c2)n1. The molecule has 1 aromatic carbocycles. The van der Waals surface area contributed by atoms with Gasteiger partial charge in [-0.25, -0.2) is 8.42 Å². The molecule has 7 nitrogen and oxygen atoms in total. The number of anilines is 2. The fraction of sp³-hybridized carbons (Fsp3) is 0.429. The Kier molecular flexibility index (Phi) is 4.70. The molecule has 0 saturated heterocycles. The van der Waals surface area contributed by atoms with E-state index < -0.39 is 10.0 Å². The summed E-state index contributed by atoms with van der Waals surface area (Å²) in [7, 11) is -3.30. The first-order valence-corrected chi connectivity index (χ1v) is 8.81. The van der Waals surface area contributed by atoms with Crippen LogP contribution in [0.1, 0.15) is 44.4 Å². The lowest BCUT2D eigenvalue weighted by molar-refractivity contribution is 0.361. The predicted molar refractivity (Wildman–Crippen MR) is 85.3 cm³/mol. The molecule has 0 bridgehead atoms. The van der Waals surface area contributed by atoms with Crippen LogP contribution in [0.25, 0.3) is 0 Å². The number of benzene rings is 1. The van der Waals surface area contributed by atoms with Crippen molar-refractivity contribution >= 4 is 21.4 Å². The van der Waals surface area contributed by atoms with Crippen LogP contribution in [0.15, 0.2) is 28.8 Å². The third-order valence-electron chi connectivity index (χ3n) is 2.89. The lowest BCUT2D eigenvalue weighted by atomic mass is 10.2. The van der Waals surface area contributed by atoms with Gasteiger partial charge in [-0.1, -0.05) is 25.1 Å². The monoisotopic (exact) mass is 324 g/mol. The second-order valence-electron chi connectivity index (χ2n) is 5.47. The van der Waals surface area contributed by atoms with Gasteiger partial charge in [0.1, 0.15) is 6.04 Å². The fourth-order valence-corrected chi connectivity index (χ4v) is 2.41. The second kappa shape index (κ2) is 6.35. The van der Waals surface area contributed by atoms with Gasteiger partial charge >= 0.3 is 0 Å². The number of nitrogens with one attached hydrogen (secondary N) is 2. The quantitative estimate of drug-likeness (QED) is 0.848. The molecule has 0 amide bonds. The average Bonchev–Trinajstić information content (AvgIpc) is 2.86. The van der Waals surface area contributed by atoms with E-state index in [0.29, 0.717) is 17.4 Å². The topological polar surface area (TPSA) is 97.1 Å². The van der Waals surface area contributed by atoms with Crippen molar-refractivity contribution in [2.24, 2.45) is 0 Å². The Balaban J connectivity index is 2.10. The Hall–Kier alpha value is -2.09. The zero-order chi connectivity index (χ0) is 16.3. The van der Waals surface area contributed by atoms with Gasteiger partial charge in [0.25, 0.3) is 0 Å². The third kappa shape index (κ3) is 4.45. The zero-order valence-electron chi connectivity index (χ0n) is 13.0. The van der Waals surface area contributed by atoms with E-state index in [1.807, 2.05) is 26.8 Å². The van der Waals surface area contributed by atoms with Crippen molar-refractivity contribution in [1.29, 1.82) is 0 Å². The molecule has 0 aliphatic heterocycles. The Labute approximate surface area is 130 Å². The van der Waals surface area contributed by atoms with Crippen molar-refractivity contribution in [2.75, 3.05) is 16.3 Å². The molecule has 0 fully saturated rings. The van der Waals surface area contributed by atoms with Crippen molar-refractivity contribution in [3.05, 3.63) is 36.0 Å². The molecule has 2 N–H and O–H groups in total. The highest BCUT2D eigenvalue weighted by Gasteiger charge is 2.16. The summed E-state index contributed by atoms with van der Waals surface area (Å²) >= 11 is 0. The Morgan fingerprint density at radius 1 is 1.18 bits per heavy atom. The summed E-state index contributed by atoms with van der Waals surface area (Å²) in [6, 6.07) is 6.80. The number of hydrogen-bond donors (Lipinski definition) is 2. The number of hydrogen-bond acceptors (Lipinski definition) is 6. The highest BCUT2D eigenvalue weighted by molar-refractivity contribution is 7.92. The van der Waals surface area contributed by atoms with E-state index >= 15 is 0 Å². The summed E-state index contributed by atoms with van der Waals surface area (Å²) in [5, 5.41) is 7.13. The molecule has 8 heteroatoms. The number of aromatic nitrogens is 2. The van der Waals surface area contributed by atoms with Crippen LogP contribution in [0, 0.1) is 0 Å². The minimum Gasteiger partial charge on any atom is -0.374 e. The van der Waals surface area contributed by atoms with Crippen LogP contribution < -0.4 is 10.0 Å². The molecule has 0 spiro atoms. The first-order chi connectivity index (χ1) is 10.2. The van der Waals surface area contributed by atoms with Gasteiger partial charge in [0, 0.05) is 11.6 Å². The summed E-state index contributed by atoms with van der Waals surface area (Å²) < 4.78 is 30.2. The van der Waals surface area contributed by atoms with Crippen molar-refractivity contribution in [3.63, 3.8) is 0 Å². The molecule has 1 atom stereocenters. The normalized spacial score (nSPS) is 13.1. The molecule has 120 valence electrons. The third-order valence-corrected chi connectivity index (χ3v) is 3.50. The first-order valence-electron chi connectivity index (χ1n) is 6.92. The number of rotatable bonds is 6. The zero-order valence-corrected chi connectivity index (χ0v) is 13.8. The van der Waals surface area contributed by atoms with Gasteiger partial charge in [-0.05, 0) is 25.1 Å². The smallest absolute Gasteiger partial charge is 0.248 e. The van der Waals surface area contributed by atoms with E-state index in [4.69, 9.17) is 4.52 Å². The predicted octanol–water partition coefficient (Wildman–Crippen LogP) is 2.74. The lowest BCUT2D eigenvalue weighted by Crippen LogP contribution is -2.11. The van der Waals surface area contributed by atoms with E-state index in [-0.39, 0.29) is 12.0 Å².